The molecular weight excluding hydrogens is 272 g/mol. The number of hydrogen-bond acceptors (Lipinski definition) is 4. The maximum Gasteiger partial charge on any atom is 2.00 e. The molecule has 0 aliphatic heterocycles. The molecule has 4 nitrogen and oxygen atoms in total. The molecule has 2 rings (SSSR count). The molecule has 2 aromatic carbocycles. The molecule has 0 saturated carbocycles. The van der Waals surface area contributed by atoms with Crippen LogP contribution in [0.2, 0.25) is 0 Å². The third-order valence-corrected chi connectivity index (χ3v) is 2.57. The molecule has 90 valence electrons. The summed E-state index contributed by atoms with van der Waals surface area (Å²) >= 11 is 0. The number of rotatable bonds is 3. The molecule has 0 saturated heterocycles. The van der Waals surface area contributed by atoms with Crippen LogP contribution in [-0.2, 0) is 0 Å². The largest absolute Gasteiger partial charge is 2.00 e. The second-order valence-electron chi connectivity index (χ2n) is 3.67. The van der Waals surface area contributed by atoms with Gasteiger partial charge in [-0.2, -0.15) is 0 Å². The van der Waals surface area contributed by atoms with Crippen LogP contribution in [0.25, 0.3) is 11.1 Å². The number of carbonyl (C=O) groups excluding carboxylic acids is 2. The zero-order valence-corrected chi connectivity index (χ0v) is 12.2. The van der Waals surface area contributed by atoms with Crippen LogP contribution in [0.15, 0.2) is 48.5 Å². The van der Waals surface area contributed by atoms with Gasteiger partial charge in [0.15, 0.2) is 0 Å². The third-order valence-electron chi connectivity index (χ3n) is 2.57. The number of hydrogen-bond donors (Lipinski definition) is 0. The van der Waals surface area contributed by atoms with Gasteiger partial charge >= 0.3 is 37.7 Å². The van der Waals surface area contributed by atoms with Gasteiger partial charge in [-0.1, -0.05) is 48.5 Å². The Balaban J connectivity index is 0.00000180. The van der Waals surface area contributed by atoms with E-state index in [9.17, 15) is 19.8 Å². The Bertz CT molecular complexity index is 608. The maximum atomic E-state index is 11.1. The van der Waals surface area contributed by atoms with Crippen molar-refractivity contribution in [1.82, 2.24) is 0 Å². The summed E-state index contributed by atoms with van der Waals surface area (Å²) in [5.41, 5.74) is 0.178. The van der Waals surface area contributed by atoms with Gasteiger partial charge in [0, 0.05) is 11.1 Å². The van der Waals surface area contributed by atoms with Gasteiger partial charge in [-0.25, -0.2) is 0 Å². The number of benzene rings is 2. The Labute approximate surface area is 139 Å². The van der Waals surface area contributed by atoms with E-state index in [0.717, 1.165) is 0 Å². The molecule has 19 heavy (non-hydrogen) atoms. The van der Waals surface area contributed by atoms with Crippen LogP contribution in [0.1, 0.15) is 20.7 Å². The Kier molecular flexibility index (Phi) is 5.54. The van der Waals surface area contributed by atoms with Crippen molar-refractivity contribution in [3.8, 4) is 11.1 Å². The fourth-order valence-corrected chi connectivity index (χ4v) is 1.80. The number of carbonyl (C=O) groups is 2. The van der Waals surface area contributed by atoms with Crippen LogP contribution in [-0.4, -0.2) is 49.7 Å². The topological polar surface area (TPSA) is 80.3 Å². The van der Waals surface area contributed by atoms with E-state index in [-0.39, 0.29) is 48.9 Å². The van der Waals surface area contributed by atoms with Crippen LogP contribution in [0.3, 0.4) is 0 Å². The zero-order valence-electron chi connectivity index (χ0n) is 9.96. The molecule has 0 aliphatic carbocycles. The number of aromatic carboxylic acids is 2. The third kappa shape index (κ3) is 3.35. The standard InChI is InChI=1S/C14H10O4.Ca/c15-13(16)11-8-4-7-10(12(11)14(17)18)9-5-2-1-3-6-9;/h1-8H,(H,15,16)(H,17,18);/q;+2/p-2. The fraction of sp³-hybridized carbons (Fsp3) is 0. The first-order valence-electron chi connectivity index (χ1n) is 5.22. The van der Waals surface area contributed by atoms with Crippen LogP contribution in [0.5, 0.6) is 0 Å². The molecule has 0 spiro atoms. The molecule has 0 atom stereocenters. The van der Waals surface area contributed by atoms with Gasteiger partial charge in [-0.3, -0.25) is 0 Å². The van der Waals surface area contributed by atoms with Gasteiger partial charge in [-0.15, -0.1) is 0 Å². The van der Waals surface area contributed by atoms with E-state index in [1.807, 2.05) is 0 Å². The van der Waals surface area contributed by atoms with Crippen molar-refractivity contribution in [2.45, 2.75) is 0 Å². The van der Waals surface area contributed by atoms with Gasteiger partial charge in [0.05, 0.1) is 11.9 Å². The van der Waals surface area contributed by atoms with E-state index in [1.165, 1.54) is 18.2 Å². The first-order valence-corrected chi connectivity index (χ1v) is 5.22. The minimum absolute atomic E-state index is 0. The summed E-state index contributed by atoms with van der Waals surface area (Å²) in [6.45, 7) is 0. The summed E-state index contributed by atoms with van der Waals surface area (Å²) in [4.78, 5) is 22.0. The molecular formula is C14H8CaO4. The molecule has 0 aliphatic rings. The van der Waals surface area contributed by atoms with Gasteiger partial charge in [0.25, 0.3) is 0 Å². The van der Waals surface area contributed by atoms with Gasteiger partial charge in [0.2, 0.25) is 0 Å². The van der Waals surface area contributed by atoms with Crippen molar-refractivity contribution in [2.75, 3.05) is 0 Å². The molecule has 0 bridgehead atoms. The normalized spacial score (nSPS) is 9.47. The predicted octanol–water partition coefficient (Wildman–Crippen LogP) is -0.300. The van der Waals surface area contributed by atoms with Gasteiger partial charge in [0.1, 0.15) is 0 Å². The molecule has 0 radical (unpaired) electrons. The molecule has 0 fully saturated rings. The fourth-order valence-electron chi connectivity index (χ4n) is 1.80. The Hall–Kier alpha value is -1.36. The van der Waals surface area contributed by atoms with Crippen LogP contribution < -0.4 is 10.2 Å². The SMILES string of the molecule is O=C([O-])c1cccc(-c2ccccc2)c1C(=O)[O-].[Ca+2]. The van der Waals surface area contributed by atoms with Gasteiger partial charge < -0.3 is 19.8 Å². The summed E-state index contributed by atoms with van der Waals surface area (Å²) in [6.07, 6.45) is 0. The van der Waals surface area contributed by atoms with Crippen LogP contribution >= 0.6 is 0 Å². The Morgan fingerprint density at radius 2 is 1.42 bits per heavy atom. The molecule has 0 N–H and O–H groups in total. The van der Waals surface area contributed by atoms with Crippen LogP contribution in [0.4, 0.5) is 0 Å². The molecule has 2 aromatic rings. The quantitative estimate of drug-likeness (QED) is 0.723. The minimum Gasteiger partial charge on any atom is -0.545 e. The van der Waals surface area contributed by atoms with Gasteiger partial charge in [-0.05, 0) is 11.1 Å². The summed E-state index contributed by atoms with van der Waals surface area (Å²) in [5.74, 6) is -3.07. The van der Waals surface area contributed by atoms with Crippen molar-refractivity contribution in [2.24, 2.45) is 0 Å². The average molecular weight is 280 g/mol. The van der Waals surface area contributed by atoms with E-state index >= 15 is 0 Å². The van der Waals surface area contributed by atoms with Crippen molar-refractivity contribution in [1.29, 1.82) is 0 Å². The maximum absolute atomic E-state index is 11.1. The number of carboxylic acids is 2. The first-order chi connectivity index (χ1) is 8.61. The number of carboxylic acid groups (broad SMARTS) is 2. The molecule has 5 heteroatoms. The summed E-state index contributed by atoms with van der Waals surface area (Å²) in [7, 11) is 0. The minimum atomic E-state index is -1.54. The van der Waals surface area contributed by atoms with Crippen LogP contribution in [0, 0.1) is 0 Å². The van der Waals surface area contributed by atoms with E-state index in [2.05, 4.69) is 0 Å². The van der Waals surface area contributed by atoms with E-state index in [1.54, 1.807) is 30.3 Å². The predicted molar refractivity (Wildman–Crippen MR) is 66.3 cm³/mol. The molecule has 0 unspecified atom stereocenters. The van der Waals surface area contributed by atoms with E-state index in [4.69, 9.17) is 0 Å². The smallest absolute Gasteiger partial charge is 0.545 e. The van der Waals surface area contributed by atoms with E-state index in [0.29, 0.717) is 11.1 Å². The Morgan fingerprint density at radius 1 is 0.789 bits per heavy atom. The zero-order chi connectivity index (χ0) is 13.1. The summed E-state index contributed by atoms with van der Waals surface area (Å²) in [5, 5.41) is 22.0. The Morgan fingerprint density at radius 3 is 1.95 bits per heavy atom. The van der Waals surface area contributed by atoms with E-state index < -0.39 is 11.9 Å². The first kappa shape index (κ1) is 15.7. The summed E-state index contributed by atoms with van der Waals surface area (Å²) < 4.78 is 0. The van der Waals surface area contributed by atoms with Crippen molar-refractivity contribution < 1.29 is 19.8 Å². The molecule has 0 amide bonds. The second kappa shape index (κ2) is 6.70. The second-order valence-corrected chi connectivity index (χ2v) is 3.67. The van der Waals surface area contributed by atoms with Crippen molar-refractivity contribution in [3.63, 3.8) is 0 Å². The molecule has 0 heterocycles. The average Bonchev–Trinajstić information content (AvgIpc) is 2.38. The molecule has 0 aromatic heterocycles. The summed E-state index contributed by atoms with van der Waals surface area (Å²) in [6, 6.07) is 12.8. The monoisotopic (exact) mass is 280 g/mol. The van der Waals surface area contributed by atoms with Crippen molar-refractivity contribution in [3.05, 3.63) is 59.7 Å². The van der Waals surface area contributed by atoms with Crippen molar-refractivity contribution >= 4 is 49.7 Å².